The highest BCUT2D eigenvalue weighted by Gasteiger charge is 2.16. The maximum atomic E-state index is 6.42. The molecule has 49 heavy (non-hydrogen) atoms. The zero-order chi connectivity index (χ0) is 33.5. The van der Waals surface area contributed by atoms with E-state index in [1.807, 2.05) is 37.3 Å². The molecule has 0 saturated heterocycles. The summed E-state index contributed by atoms with van der Waals surface area (Å²) in [5.41, 5.74) is 18.4. The average Bonchev–Trinajstić information content (AvgIpc) is 3.69. The summed E-state index contributed by atoms with van der Waals surface area (Å²) in [6.07, 6.45) is 6.79. The molecule has 0 aliphatic carbocycles. The number of nitrogens with two attached hydrogens (primary N) is 2. The third-order valence-corrected chi connectivity index (χ3v) is 9.90. The van der Waals surface area contributed by atoms with Crippen LogP contribution >= 0.6 is 0 Å². The topological polar surface area (TPSA) is 78.3 Å². The third kappa shape index (κ3) is 5.63. The summed E-state index contributed by atoms with van der Waals surface area (Å²) in [5.74, 6) is 0.198. The first kappa shape index (κ1) is 30.9. The van der Waals surface area contributed by atoms with E-state index in [1.165, 1.54) is 65.0 Å². The maximum Gasteiger partial charge on any atom is 0.136 e. The molecular weight excluding hydrogens is 601 g/mol. The van der Waals surface area contributed by atoms with E-state index in [0.29, 0.717) is 0 Å². The Morgan fingerprint density at radius 1 is 0.551 bits per heavy atom. The highest BCUT2D eigenvalue weighted by molar-refractivity contribution is 6.28. The number of furan rings is 2. The molecule has 0 bridgehead atoms. The molecule has 0 saturated carbocycles. The van der Waals surface area contributed by atoms with E-state index < -0.39 is 0 Å². The second-order valence-electron chi connectivity index (χ2n) is 13.1. The first-order chi connectivity index (χ1) is 24.0. The summed E-state index contributed by atoms with van der Waals surface area (Å²) in [6.45, 7) is 4.12. The number of benzene rings is 7. The number of para-hydroxylation sites is 1. The van der Waals surface area contributed by atoms with Crippen molar-refractivity contribution in [1.29, 1.82) is 0 Å². The van der Waals surface area contributed by atoms with E-state index in [4.69, 9.17) is 20.3 Å². The Hall–Kier alpha value is -5.42. The summed E-state index contributed by atoms with van der Waals surface area (Å²) >= 11 is 0. The number of fused-ring (bicyclic) bond motifs is 12. The summed E-state index contributed by atoms with van der Waals surface area (Å²) in [6, 6.07) is 42.8. The first-order valence-corrected chi connectivity index (χ1v) is 17.2. The van der Waals surface area contributed by atoms with Gasteiger partial charge in [-0.2, -0.15) is 0 Å². The molecule has 0 spiro atoms. The average molecular weight is 641 g/mol. The fourth-order valence-corrected chi connectivity index (χ4v) is 7.54. The van der Waals surface area contributed by atoms with Crippen LogP contribution in [0.4, 0.5) is 0 Å². The molecular formula is C45H40N2O2. The molecule has 0 aliphatic rings. The van der Waals surface area contributed by atoms with Crippen molar-refractivity contribution in [2.24, 2.45) is 17.4 Å². The van der Waals surface area contributed by atoms with Crippen molar-refractivity contribution >= 4 is 76.2 Å². The predicted octanol–water partition coefficient (Wildman–Crippen LogP) is 11.7. The van der Waals surface area contributed by atoms with Crippen LogP contribution in [-0.2, 0) is 6.42 Å². The number of allylic oxidation sites excluding steroid dienone is 1. The van der Waals surface area contributed by atoms with Gasteiger partial charge in [0.25, 0.3) is 0 Å². The Bertz CT molecular complexity index is 2660. The maximum absolute atomic E-state index is 6.42. The van der Waals surface area contributed by atoms with E-state index >= 15 is 0 Å². The quantitative estimate of drug-likeness (QED) is 0.108. The lowest BCUT2D eigenvalue weighted by atomic mass is 9.92. The number of hydrogen-bond donors (Lipinski definition) is 2. The minimum absolute atomic E-state index is 0.198. The van der Waals surface area contributed by atoms with Gasteiger partial charge in [0, 0.05) is 27.5 Å². The Kier molecular flexibility index (Phi) is 8.12. The first-order valence-electron chi connectivity index (χ1n) is 17.2. The van der Waals surface area contributed by atoms with Gasteiger partial charge in [0.2, 0.25) is 0 Å². The molecule has 9 aromatic rings. The van der Waals surface area contributed by atoms with Crippen LogP contribution in [0, 0.1) is 12.8 Å². The summed E-state index contributed by atoms with van der Waals surface area (Å²) in [4.78, 5) is 0. The van der Waals surface area contributed by atoms with Gasteiger partial charge in [0.1, 0.15) is 22.3 Å². The van der Waals surface area contributed by atoms with Gasteiger partial charge in [-0.25, -0.2) is 0 Å². The Balaban J connectivity index is 0.000000206. The number of hydrogen-bond acceptors (Lipinski definition) is 4. The molecule has 4 N–H and O–H groups in total. The van der Waals surface area contributed by atoms with Crippen LogP contribution in [0.2, 0.25) is 0 Å². The lowest BCUT2D eigenvalue weighted by Crippen LogP contribution is -2.37. The lowest BCUT2D eigenvalue weighted by molar-refractivity contribution is 0.467. The molecule has 0 radical (unpaired) electrons. The third-order valence-electron chi connectivity index (χ3n) is 9.90. The van der Waals surface area contributed by atoms with Gasteiger partial charge in [0.05, 0.1) is 6.17 Å². The van der Waals surface area contributed by atoms with Gasteiger partial charge in [-0.1, -0.05) is 103 Å². The van der Waals surface area contributed by atoms with Crippen LogP contribution in [0.5, 0.6) is 0 Å². The second-order valence-corrected chi connectivity index (χ2v) is 13.1. The van der Waals surface area contributed by atoms with Gasteiger partial charge < -0.3 is 20.3 Å². The van der Waals surface area contributed by atoms with Crippen LogP contribution in [0.25, 0.3) is 76.2 Å². The van der Waals surface area contributed by atoms with E-state index in [0.717, 1.165) is 41.6 Å². The molecule has 0 aliphatic heterocycles. The van der Waals surface area contributed by atoms with Gasteiger partial charge in [0.15, 0.2) is 0 Å². The van der Waals surface area contributed by atoms with Crippen LogP contribution in [0.1, 0.15) is 30.9 Å². The molecule has 9 rings (SSSR count). The standard InChI is InChI=1S/C32H30N2O.C13H10O/c1-2-9-21(32(33)34)12-7-10-20-11-8-17-29-31(20)28-18-26-24-15-5-3-13-22(24)23-14-4-6-16-25(23)27(26)19-30(28)35-29;1-9-6-7-13-11(8-9)10-4-2-3-5-12(10)14-13/h2-6,8-9,11,13-19,21,32H,7,10,12,33-34H2,1H3;2-8H,1H3/b9-2-;. The van der Waals surface area contributed by atoms with Crippen LogP contribution in [0.15, 0.2) is 142 Å². The lowest BCUT2D eigenvalue weighted by Gasteiger charge is -2.16. The van der Waals surface area contributed by atoms with Gasteiger partial charge in [-0.15, -0.1) is 0 Å². The van der Waals surface area contributed by atoms with Gasteiger partial charge >= 0.3 is 0 Å². The fourth-order valence-electron chi connectivity index (χ4n) is 7.54. The molecule has 7 aromatic carbocycles. The van der Waals surface area contributed by atoms with Crippen LogP contribution < -0.4 is 11.5 Å². The van der Waals surface area contributed by atoms with Crippen molar-refractivity contribution in [1.82, 2.24) is 0 Å². The highest BCUT2D eigenvalue weighted by Crippen LogP contribution is 2.40. The molecule has 4 heteroatoms. The van der Waals surface area contributed by atoms with Crippen molar-refractivity contribution < 1.29 is 8.83 Å². The van der Waals surface area contributed by atoms with Crippen LogP contribution in [0.3, 0.4) is 0 Å². The largest absolute Gasteiger partial charge is 0.456 e. The molecule has 242 valence electrons. The molecule has 1 unspecified atom stereocenters. The molecule has 0 fully saturated rings. The predicted molar refractivity (Wildman–Crippen MR) is 208 cm³/mol. The Morgan fingerprint density at radius 2 is 1.14 bits per heavy atom. The number of rotatable bonds is 6. The van der Waals surface area contributed by atoms with E-state index in [9.17, 15) is 0 Å². The summed E-state index contributed by atoms with van der Waals surface area (Å²) in [7, 11) is 0. The molecule has 2 aromatic heterocycles. The van der Waals surface area contributed by atoms with E-state index in [-0.39, 0.29) is 12.1 Å². The number of aryl methyl sites for hydroxylation is 2. The minimum Gasteiger partial charge on any atom is -0.456 e. The van der Waals surface area contributed by atoms with Gasteiger partial charge in [-0.3, -0.25) is 0 Å². The van der Waals surface area contributed by atoms with E-state index in [2.05, 4.69) is 110 Å². The Labute approximate surface area is 285 Å². The summed E-state index contributed by atoms with van der Waals surface area (Å²) in [5, 5.41) is 12.4. The van der Waals surface area contributed by atoms with Gasteiger partial charge in [-0.05, 0) is 107 Å². The zero-order valence-electron chi connectivity index (χ0n) is 27.9. The van der Waals surface area contributed by atoms with Crippen molar-refractivity contribution in [2.45, 2.75) is 39.3 Å². The normalized spacial score (nSPS) is 12.8. The van der Waals surface area contributed by atoms with Crippen molar-refractivity contribution in [3.05, 3.63) is 145 Å². The SMILES string of the molecule is C/C=C\C(CCCc1cccc2oc3cc4c5ccccc5c5ccccc5c4cc3c12)C(N)N.Cc1ccc2oc3ccccc3c2c1. The molecule has 4 nitrogen and oxygen atoms in total. The Morgan fingerprint density at radius 3 is 1.84 bits per heavy atom. The minimum atomic E-state index is -0.328. The van der Waals surface area contributed by atoms with Crippen molar-refractivity contribution in [3.63, 3.8) is 0 Å². The molecule has 0 amide bonds. The molecule has 1 atom stereocenters. The monoisotopic (exact) mass is 640 g/mol. The van der Waals surface area contributed by atoms with E-state index in [1.54, 1.807) is 0 Å². The van der Waals surface area contributed by atoms with Crippen molar-refractivity contribution in [3.8, 4) is 0 Å². The van der Waals surface area contributed by atoms with Crippen molar-refractivity contribution in [2.75, 3.05) is 0 Å². The molecule has 2 heterocycles. The summed E-state index contributed by atoms with van der Waals surface area (Å²) < 4.78 is 12.1. The smallest absolute Gasteiger partial charge is 0.136 e. The van der Waals surface area contributed by atoms with Crippen LogP contribution in [-0.4, -0.2) is 6.17 Å². The second kappa shape index (κ2) is 12.9. The zero-order valence-corrected chi connectivity index (χ0v) is 27.9. The fraction of sp³-hybridized carbons (Fsp3) is 0.156. The highest BCUT2D eigenvalue weighted by atomic mass is 16.3.